The summed E-state index contributed by atoms with van der Waals surface area (Å²) < 4.78 is 40.9. The van der Waals surface area contributed by atoms with E-state index in [0.29, 0.717) is 12.1 Å². The normalized spacial score (nSPS) is 10.6. The van der Waals surface area contributed by atoms with Crippen LogP contribution in [0.25, 0.3) is 0 Å². The van der Waals surface area contributed by atoms with E-state index in [4.69, 9.17) is 0 Å². The molecular formula is C11H10F3N3. The molecule has 0 aliphatic rings. The summed E-state index contributed by atoms with van der Waals surface area (Å²) in [5.74, 6) is -2.85. The van der Waals surface area contributed by atoms with Gasteiger partial charge in [0, 0.05) is 25.4 Å². The van der Waals surface area contributed by atoms with Crippen molar-refractivity contribution in [3.63, 3.8) is 0 Å². The number of nitrogens with one attached hydrogen (secondary N) is 1. The van der Waals surface area contributed by atoms with Gasteiger partial charge in [-0.2, -0.15) is 0 Å². The van der Waals surface area contributed by atoms with Gasteiger partial charge >= 0.3 is 0 Å². The lowest BCUT2D eigenvalue weighted by molar-refractivity contribution is 0.547. The number of rotatable bonds is 3. The number of halogens is 3. The Morgan fingerprint density at radius 3 is 2.41 bits per heavy atom. The predicted octanol–water partition coefficient (Wildman–Crippen LogP) is 2.45. The molecule has 0 radical (unpaired) electrons. The Balaban J connectivity index is 2.17. The van der Waals surface area contributed by atoms with E-state index in [1.54, 1.807) is 24.1 Å². The molecule has 0 aliphatic carbocycles. The van der Waals surface area contributed by atoms with Gasteiger partial charge in [-0.3, -0.25) is 0 Å². The van der Waals surface area contributed by atoms with Crippen LogP contribution in [0.4, 0.5) is 18.9 Å². The second-order valence-electron chi connectivity index (χ2n) is 3.59. The first-order valence-corrected chi connectivity index (χ1v) is 4.91. The molecule has 1 heterocycles. The number of hydrogen-bond acceptors (Lipinski definition) is 2. The second kappa shape index (κ2) is 4.48. The van der Waals surface area contributed by atoms with E-state index in [1.165, 1.54) is 0 Å². The lowest BCUT2D eigenvalue weighted by Gasteiger charge is -2.09. The van der Waals surface area contributed by atoms with Crippen LogP contribution in [0.3, 0.4) is 0 Å². The van der Waals surface area contributed by atoms with Crippen molar-refractivity contribution in [2.75, 3.05) is 5.32 Å². The predicted molar refractivity (Wildman–Crippen MR) is 56.9 cm³/mol. The first-order chi connectivity index (χ1) is 8.08. The molecule has 1 aromatic carbocycles. The summed E-state index contributed by atoms with van der Waals surface area (Å²) in [6.07, 6.45) is 3.15. The molecule has 0 saturated carbocycles. The molecule has 3 nitrogen and oxygen atoms in total. The van der Waals surface area contributed by atoms with Gasteiger partial charge in [0.1, 0.15) is 11.5 Å². The van der Waals surface area contributed by atoms with E-state index in [-0.39, 0.29) is 12.2 Å². The Labute approximate surface area is 95.9 Å². The highest BCUT2D eigenvalue weighted by atomic mass is 19.1. The van der Waals surface area contributed by atoms with Gasteiger partial charge in [-0.15, -0.1) is 0 Å². The van der Waals surface area contributed by atoms with E-state index in [0.717, 1.165) is 5.69 Å². The average Bonchev–Trinajstić information content (AvgIpc) is 2.62. The van der Waals surface area contributed by atoms with Gasteiger partial charge in [-0.1, -0.05) is 0 Å². The van der Waals surface area contributed by atoms with Crippen molar-refractivity contribution in [2.45, 2.75) is 6.54 Å². The van der Waals surface area contributed by atoms with Crippen LogP contribution in [0.1, 0.15) is 5.69 Å². The molecule has 0 amide bonds. The SMILES string of the molecule is Cn1cncc1CNc1c(F)cc(F)cc1F. The monoisotopic (exact) mass is 241 g/mol. The highest BCUT2D eigenvalue weighted by Gasteiger charge is 2.11. The molecule has 0 unspecified atom stereocenters. The van der Waals surface area contributed by atoms with Crippen LogP contribution in [0.15, 0.2) is 24.7 Å². The Hall–Kier alpha value is -1.98. The molecule has 1 aromatic heterocycles. The van der Waals surface area contributed by atoms with E-state index in [9.17, 15) is 13.2 Å². The largest absolute Gasteiger partial charge is 0.375 e. The third-order valence-corrected chi connectivity index (χ3v) is 2.37. The molecular weight excluding hydrogens is 231 g/mol. The number of hydrogen-bond donors (Lipinski definition) is 1. The van der Waals surface area contributed by atoms with Crippen molar-refractivity contribution in [3.05, 3.63) is 47.8 Å². The minimum Gasteiger partial charge on any atom is -0.375 e. The smallest absolute Gasteiger partial charge is 0.152 e. The highest BCUT2D eigenvalue weighted by molar-refractivity contribution is 5.46. The lowest BCUT2D eigenvalue weighted by Crippen LogP contribution is -2.07. The number of anilines is 1. The summed E-state index contributed by atoms with van der Waals surface area (Å²) >= 11 is 0. The molecule has 0 spiro atoms. The van der Waals surface area contributed by atoms with Crippen LogP contribution in [0.5, 0.6) is 0 Å². The first kappa shape index (κ1) is 11.5. The van der Waals surface area contributed by atoms with Gasteiger partial charge in [0.15, 0.2) is 11.6 Å². The van der Waals surface area contributed by atoms with E-state index in [1.807, 2.05) is 0 Å². The summed E-state index contributed by atoms with van der Waals surface area (Å²) in [4.78, 5) is 3.87. The fourth-order valence-corrected chi connectivity index (χ4v) is 1.44. The fraction of sp³-hybridized carbons (Fsp3) is 0.182. The van der Waals surface area contributed by atoms with Crippen LogP contribution in [-0.4, -0.2) is 9.55 Å². The zero-order valence-electron chi connectivity index (χ0n) is 9.04. The highest BCUT2D eigenvalue weighted by Crippen LogP contribution is 2.20. The molecule has 0 atom stereocenters. The first-order valence-electron chi connectivity index (χ1n) is 4.91. The Morgan fingerprint density at radius 2 is 1.88 bits per heavy atom. The van der Waals surface area contributed by atoms with Gasteiger partial charge in [-0.25, -0.2) is 18.2 Å². The fourth-order valence-electron chi connectivity index (χ4n) is 1.44. The maximum Gasteiger partial charge on any atom is 0.152 e. The van der Waals surface area contributed by atoms with Crippen molar-refractivity contribution < 1.29 is 13.2 Å². The number of imidazole rings is 1. The van der Waals surface area contributed by atoms with Crippen LogP contribution < -0.4 is 5.32 Å². The molecule has 2 rings (SSSR count). The quantitative estimate of drug-likeness (QED) is 0.894. The van der Waals surface area contributed by atoms with Gasteiger partial charge in [0.2, 0.25) is 0 Å². The summed E-state index contributed by atoms with van der Waals surface area (Å²) in [5.41, 5.74) is 0.417. The van der Waals surface area contributed by atoms with Crippen LogP contribution in [0, 0.1) is 17.5 Å². The topological polar surface area (TPSA) is 29.9 Å². The minimum absolute atomic E-state index is 0.204. The Morgan fingerprint density at radius 1 is 1.24 bits per heavy atom. The maximum atomic E-state index is 13.3. The zero-order valence-corrected chi connectivity index (χ0v) is 9.04. The van der Waals surface area contributed by atoms with Gasteiger partial charge in [0.25, 0.3) is 0 Å². The molecule has 6 heteroatoms. The van der Waals surface area contributed by atoms with Gasteiger partial charge < -0.3 is 9.88 Å². The molecule has 90 valence electrons. The Bertz CT molecular complexity index is 514. The van der Waals surface area contributed by atoms with Crippen molar-refractivity contribution in [2.24, 2.45) is 7.05 Å². The van der Waals surface area contributed by atoms with Crippen LogP contribution >= 0.6 is 0 Å². The van der Waals surface area contributed by atoms with E-state index < -0.39 is 17.5 Å². The molecule has 0 aliphatic heterocycles. The average molecular weight is 241 g/mol. The maximum absolute atomic E-state index is 13.3. The number of nitrogens with zero attached hydrogens (tertiary/aromatic N) is 2. The summed E-state index contributed by atoms with van der Waals surface area (Å²) in [6.45, 7) is 0.204. The Kier molecular flexibility index (Phi) is 3.03. The third kappa shape index (κ3) is 2.41. The summed E-state index contributed by atoms with van der Waals surface area (Å²) in [5, 5.41) is 2.57. The van der Waals surface area contributed by atoms with Crippen molar-refractivity contribution >= 4 is 5.69 Å². The van der Waals surface area contributed by atoms with Crippen LogP contribution in [0.2, 0.25) is 0 Å². The minimum atomic E-state index is -0.954. The third-order valence-electron chi connectivity index (χ3n) is 2.37. The van der Waals surface area contributed by atoms with E-state index in [2.05, 4.69) is 10.3 Å². The standard InChI is InChI=1S/C11H10F3N3/c1-17-6-15-4-8(17)5-16-11-9(13)2-7(12)3-10(11)14/h2-4,6,16H,5H2,1H3. The number of aromatic nitrogens is 2. The molecule has 1 N–H and O–H groups in total. The van der Waals surface area contributed by atoms with Gasteiger partial charge in [-0.05, 0) is 0 Å². The summed E-state index contributed by atoms with van der Waals surface area (Å²) in [7, 11) is 1.77. The lowest BCUT2D eigenvalue weighted by atomic mass is 10.2. The summed E-state index contributed by atoms with van der Waals surface area (Å²) in [6, 6.07) is 1.27. The van der Waals surface area contributed by atoms with Crippen LogP contribution in [-0.2, 0) is 13.6 Å². The molecule has 0 fully saturated rings. The van der Waals surface area contributed by atoms with Gasteiger partial charge in [0.05, 0.1) is 18.6 Å². The molecule has 0 bridgehead atoms. The van der Waals surface area contributed by atoms with Crippen molar-refractivity contribution in [1.29, 1.82) is 0 Å². The van der Waals surface area contributed by atoms with Crippen molar-refractivity contribution in [1.82, 2.24) is 9.55 Å². The second-order valence-corrected chi connectivity index (χ2v) is 3.59. The molecule has 0 saturated heterocycles. The number of aryl methyl sites for hydroxylation is 1. The van der Waals surface area contributed by atoms with Crippen molar-refractivity contribution in [3.8, 4) is 0 Å². The molecule has 17 heavy (non-hydrogen) atoms. The molecule has 2 aromatic rings. The van der Waals surface area contributed by atoms with E-state index >= 15 is 0 Å². The number of benzene rings is 1. The zero-order chi connectivity index (χ0) is 12.4.